The van der Waals surface area contributed by atoms with Crippen molar-refractivity contribution >= 4 is 22.0 Å². The monoisotopic (exact) mass is 543 g/mol. The molecule has 0 atom stereocenters. The molecule has 1 amide bonds. The van der Waals surface area contributed by atoms with Gasteiger partial charge in [0.2, 0.25) is 10.0 Å². The van der Waals surface area contributed by atoms with E-state index < -0.39 is 10.0 Å². The minimum absolute atomic E-state index is 0.0408. The number of rotatable bonds is 6. The number of hydrogen-bond acceptors (Lipinski definition) is 5. The summed E-state index contributed by atoms with van der Waals surface area (Å²) < 4.78 is 30.3. The van der Waals surface area contributed by atoms with Gasteiger partial charge in [-0.3, -0.25) is 4.79 Å². The molecule has 1 aromatic heterocycles. The Morgan fingerprint density at radius 2 is 1.54 bits per heavy atom. The molecule has 0 saturated carbocycles. The van der Waals surface area contributed by atoms with Crippen LogP contribution in [-0.4, -0.2) is 59.5 Å². The molecule has 3 heterocycles. The zero-order valence-electron chi connectivity index (χ0n) is 22.0. The van der Waals surface area contributed by atoms with Gasteiger partial charge in [0.1, 0.15) is 17.3 Å². The second-order valence-corrected chi connectivity index (χ2v) is 12.0. The van der Waals surface area contributed by atoms with Crippen LogP contribution in [0.4, 0.5) is 0 Å². The molecule has 5 rings (SSSR count). The van der Waals surface area contributed by atoms with Crippen molar-refractivity contribution in [3.8, 4) is 23.0 Å². The van der Waals surface area contributed by atoms with Crippen LogP contribution in [0.5, 0.6) is 0 Å². The number of nitriles is 1. The van der Waals surface area contributed by atoms with E-state index in [0.717, 1.165) is 50.6 Å². The fourth-order valence-corrected chi connectivity index (χ4v) is 6.79. The maximum absolute atomic E-state index is 13.5. The summed E-state index contributed by atoms with van der Waals surface area (Å²) in [5.41, 5.74) is 2.54. The highest BCUT2D eigenvalue weighted by molar-refractivity contribution is 7.89. The van der Waals surface area contributed by atoms with Crippen LogP contribution in [0, 0.1) is 11.3 Å². The molecule has 2 aromatic carbocycles. The Kier molecular flexibility index (Phi) is 8.24. The van der Waals surface area contributed by atoms with Gasteiger partial charge in [0.25, 0.3) is 5.91 Å². The van der Waals surface area contributed by atoms with E-state index >= 15 is 0 Å². The normalized spacial score (nSPS) is 17.4. The molecule has 0 spiro atoms. The number of benzene rings is 2. The minimum atomic E-state index is -3.66. The molecule has 0 radical (unpaired) electrons. The standard InChI is InChI=1S/C30H33N5O3S/c31-22-25(30(36)33-16-7-4-8-17-33)20-26-23-35(27-13-5-3-6-14-27)32-29(26)24-12-11-15-28(21-24)39(37,38)34-18-9-1-2-10-19-34/h3,5-6,11-15,20-21,23H,1-2,4,7-10,16-19H2/b25-20-. The number of sulfonamides is 1. The molecule has 202 valence electrons. The number of nitrogens with zero attached hydrogens (tertiary/aromatic N) is 5. The lowest BCUT2D eigenvalue weighted by atomic mass is 10.0. The largest absolute Gasteiger partial charge is 0.338 e. The first-order valence-corrected chi connectivity index (χ1v) is 15.1. The summed E-state index contributed by atoms with van der Waals surface area (Å²) in [6, 6.07) is 18.4. The Morgan fingerprint density at radius 3 is 2.23 bits per heavy atom. The van der Waals surface area contributed by atoms with Gasteiger partial charge in [-0.05, 0) is 62.4 Å². The lowest BCUT2D eigenvalue weighted by Gasteiger charge is -2.26. The first kappa shape index (κ1) is 26.9. The van der Waals surface area contributed by atoms with Crippen molar-refractivity contribution < 1.29 is 13.2 Å². The Balaban J connectivity index is 1.57. The average Bonchev–Trinajstić information content (AvgIpc) is 3.20. The van der Waals surface area contributed by atoms with Crippen molar-refractivity contribution in [2.75, 3.05) is 26.2 Å². The van der Waals surface area contributed by atoms with Gasteiger partial charge in [-0.2, -0.15) is 14.7 Å². The van der Waals surface area contributed by atoms with Crippen LogP contribution in [-0.2, 0) is 14.8 Å². The Labute approximate surface area is 230 Å². The molecular weight excluding hydrogens is 510 g/mol. The van der Waals surface area contributed by atoms with Crippen LogP contribution in [0.1, 0.15) is 50.5 Å². The molecule has 3 aromatic rings. The van der Waals surface area contributed by atoms with Gasteiger partial charge in [0.05, 0.1) is 10.6 Å². The highest BCUT2D eigenvalue weighted by Crippen LogP contribution is 2.30. The average molecular weight is 544 g/mol. The highest BCUT2D eigenvalue weighted by Gasteiger charge is 2.26. The minimum Gasteiger partial charge on any atom is -0.338 e. The number of para-hydroxylation sites is 1. The van der Waals surface area contributed by atoms with Crippen molar-refractivity contribution in [1.82, 2.24) is 19.0 Å². The maximum atomic E-state index is 13.5. The Bertz CT molecular complexity index is 1490. The number of carbonyl (C=O) groups is 1. The van der Waals surface area contributed by atoms with Crippen LogP contribution in [0.2, 0.25) is 0 Å². The van der Waals surface area contributed by atoms with Crippen molar-refractivity contribution in [3.05, 3.63) is 71.9 Å². The van der Waals surface area contributed by atoms with E-state index in [1.807, 2.05) is 36.4 Å². The third-order valence-corrected chi connectivity index (χ3v) is 9.26. The van der Waals surface area contributed by atoms with E-state index in [9.17, 15) is 18.5 Å². The van der Waals surface area contributed by atoms with Crippen LogP contribution >= 0.6 is 0 Å². The fraction of sp³-hybridized carbons (Fsp3) is 0.367. The third kappa shape index (κ3) is 5.97. The number of likely N-dealkylation sites (tertiary alicyclic amines) is 1. The van der Waals surface area contributed by atoms with E-state index in [1.54, 1.807) is 44.4 Å². The second kappa shape index (κ2) is 12.0. The number of piperidine rings is 1. The first-order valence-electron chi connectivity index (χ1n) is 13.6. The van der Waals surface area contributed by atoms with Gasteiger partial charge in [-0.15, -0.1) is 0 Å². The number of carbonyl (C=O) groups excluding carboxylic acids is 1. The summed E-state index contributed by atoms with van der Waals surface area (Å²) in [4.78, 5) is 15.1. The van der Waals surface area contributed by atoms with E-state index in [-0.39, 0.29) is 16.4 Å². The van der Waals surface area contributed by atoms with Crippen molar-refractivity contribution in [3.63, 3.8) is 0 Å². The van der Waals surface area contributed by atoms with Gasteiger partial charge in [0.15, 0.2) is 0 Å². The fourth-order valence-electron chi connectivity index (χ4n) is 5.23. The van der Waals surface area contributed by atoms with Gasteiger partial charge in [-0.25, -0.2) is 13.1 Å². The van der Waals surface area contributed by atoms with Gasteiger partial charge >= 0.3 is 0 Å². The predicted octanol–water partition coefficient (Wildman–Crippen LogP) is 5.02. The lowest BCUT2D eigenvalue weighted by molar-refractivity contribution is -0.127. The van der Waals surface area contributed by atoms with Crippen LogP contribution < -0.4 is 0 Å². The van der Waals surface area contributed by atoms with E-state index in [2.05, 4.69) is 6.07 Å². The Morgan fingerprint density at radius 1 is 0.872 bits per heavy atom. The lowest BCUT2D eigenvalue weighted by Crippen LogP contribution is -2.36. The molecular formula is C30H33N5O3S. The molecule has 8 nitrogen and oxygen atoms in total. The molecule has 0 bridgehead atoms. The maximum Gasteiger partial charge on any atom is 0.264 e. The molecule has 39 heavy (non-hydrogen) atoms. The van der Waals surface area contributed by atoms with Crippen molar-refractivity contribution in [2.24, 2.45) is 0 Å². The zero-order chi connectivity index (χ0) is 27.2. The second-order valence-electron chi connectivity index (χ2n) is 10.1. The van der Waals surface area contributed by atoms with Gasteiger partial charge in [-0.1, -0.05) is 43.2 Å². The molecule has 0 aliphatic carbocycles. The first-order chi connectivity index (χ1) is 19.0. The van der Waals surface area contributed by atoms with Gasteiger partial charge < -0.3 is 4.90 Å². The van der Waals surface area contributed by atoms with E-state index in [4.69, 9.17) is 5.10 Å². The topological polar surface area (TPSA) is 99.3 Å². The highest BCUT2D eigenvalue weighted by atomic mass is 32.2. The van der Waals surface area contributed by atoms with E-state index in [1.165, 1.54) is 0 Å². The van der Waals surface area contributed by atoms with Crippen molar-refractivity contribution in [2.45, 2.75) is 49.8 Å². The van der Waals surface area contributed by atoms with Crippen LogP contribution in [0.25, 0.3) is 23.0 Å². The molecule has 0 unspecified atom stereocenters. The molecule has 2 aliphatic heterocycles. The summed E-state index contributed by atoms with van der Waals surface area (Å²) in [6.07, 6.45) is 10.1. The smallest absolute Gasteiger partial charge is 0.264 e. The summed E-state index contributed by atoms with van der Waals surface area (Å²) in [5, 5.41) is 14.7. The quantitative estimate of drug-likeness (QED) is 0.321. The van der Waals surface area contributed by atoms with Crippen LogP contribution in [0.15, 0.2) is 71.3 Å². The third-order valence-electron chi connectivity index (χ3n) is 7.37. The predicted molar refractivity (Wildman–Crippen MR) is 150 cm³/mol. The molecule has 9 heteroatoms. The molecule has 2 saturated heterocycles. The SMILES string of the molecule is N#C/C(=C/c1cn(-c2ccccc2)nc1-c1cccc(S(=O)(=O)N2CCCCCC2)c1)C(=O)N1CCCCC1. The summed E-state index contributed by atoms with van der Waals surface area (Å²) in [7, 11) is -3.66. The summed E-state index contributed by atoms with van der Waals surface area (Å²) in [6.45, 7) is 2.33. The summed E-state index contributed by atoms with van der Waals surface area (Å²) >= 11 is 0. The molecule has 2 fully saturated rings. The number of aromatic nitrogens is 2. The Hall–Kier alpha value is -3.74. The van der Waals surface area contributed by atoms with Gasteiger partial charge in [0, 0.05) is 43.5 Å². The number of hydrogen-bond donors (Lipinski definition) is 0. The number of amides is 1. The molecule has 2 aliphatic rings. The molecule has 0 N–H and O–H groups in total. The van der Waals surface area contributed by atoms with E-state index in [0.29, 0.717) is 43.0 Å². The van der Waals surface area contributed by atoms with Crippen LogP contribution in [0.3, 0.4) is 0 Å². The summed E-state index contributed by atoms with van der Waals surface area (Å²) in [5.74, 6) is -0.284. The van der Waals surface area contributed by atoms with Crippen molar-refractivity contribution in [1.29, 1.82) is 5.26 Å². The zero-order valence-corrected chi connectivity index (χ0v) is 22.8.